The van der Waals surface area contributed by atoms with Crippen molar-refractivity contribution < 1.29 is 14.3 Å². The number of morpholine rings is 1. The van der Waals surface area contributed by atoms with E-state index in [0.717, 1.165) is 31.9 Å². The van der Waals surface area contributed by atoms with E-state index in [2.05, 4.69) is 11.4 Å². The van der Waals surface area contributed by atoms with E-state index in [1.165, 1.54) is 5.56 Å². The molecule has 114 valence electrons. The average Bonchev–Trinajstić information content (AvgIpc) is 2.56. The molecule has 1 aromatic rings. The molecule has 5 heteroatoms. The Morgan fingerprint density at radius 3 is 2.90 bits per heavy atom. The first kappa shape index (κ1) is 14.4. The summed E-state index contributed by atoms with van der Waals surface area (Å²) in [5, 5.41) is 3.49. The number of ether oxygens (including phenoxy) is 2. The molecule has 1 amide bonds. The summed E-state index contributed by atoms with van der Waals surface area (Å²) in [7, 11) is 0. The molecular formula is C16H22N2O3. The van der Waals surface area contributed by atoms with Gasteiger partial charge in [0.05, 0.1) is 19.8 Å². The Hall–Kier alpha value is -1.59. The highest BCUT2D eigenvalue weighted by molar-refractivity contribution is 5.76. The van der Waals surface area contributed by atoms with Gasteiger partial charge < -0.3 is 19.7 Å². The van der Waals surface area contributed by atoms with E-state index in [-0.39, 0.29) is 11.9 Å². The van der Waals surface area contributed by atoms with E-state index in [9.17, 15) is 4.79 Å². The topological polar surface area (TPSA) is 50.8 Å². The van der Waals surface area contributed by atoms with Crippen molar-refractivity contribution in [2.45, 2.75) is 18.9 Å². The summed E-state index contributed by atoms with van der Waals surface area (Å²) in [5.74, 6) is 1.17. The molecule has 0 aliphatic carbocycles. The molecule has 21 heavy (non-hydrogen) atoms. The van der Waals surface area contributed by atoms with Gasteiger partial charge in [-0.3, -0.25) is 4.79 Å². The van der Waals surface area contributed by atoms with E-state index in [0.29, 0.717) is 26.2 Å². The summed E-state index contributed by atoms with van der Waals surface area (Å²) in [6.45, 7) is 4.19. The third-order valence-corrected chi connectivity index (χ3v) is 4.05. The summed E-state index contributed by atoms with van der Waals surface area (Å²) in [6, 6.07) is 8.40. The van der Waals surface area contributed by atoms with Crippen molar-refractivity contribution in [3.63, 3.8) is 0 Å². The second kappa shape index (κ2) is 6.91. The number of amides is 1. The maximum atomic E-state index is 12.1. The van der Waals surface area contributed by atoms with Crippen LogP contribution >= 0.6 is 0 Å². The zero-order valence-corrected chi connectivity index (χ0v) is 12.2. The minimum atomic E-state index is 0.214. The number of hydrogen-bond acceptors (Lipinski definition) is 4. The van der Waals surface area contributed by atoms with Crippen molar-refractivity contribution in [1.29, 1.82) is 0 Å². The maximum Gasteiger partial charge on any atom is 0.224 e. The van der Waals surface area contributed by atoms with Crippen molar-refractivity contribution in [1.82, 2.24) is 10.2 Å². The smallest absolute Gasteiger partial charge is 0.224 e. The zero-order valence-electron chi connectivity index (χ0n) is 12.2. The summed E-state index contributed by atoms with van der Waals surface area (Å²) in [4.78, 5) is 14.0. The molecule has 1 aromatic carbocycles. The van der Waals surface area contributed by atoms with Crippen LogP contribution in [-0.4, -0.2) is 50.3 Å². The Labute approximate surface area is 125 Å². The molecular weight excluding hydrogens is 268 g/mol. The number of benzene rings is 1. The monoisotopic (exact) mass is 290 g/mol. The third-order valence-electron chi connectivity index (χ3n) is 4.05. The lowest BCUT2D eigenvalue weighted by atomic mass is 10.0. The number of carbonyl (C=O) groups excluding carboxylic acids is 1. The van der Waals surface area contributed by atoms with Crippen molar-refractivity contribution >= 4 is 5.91 Å². The first-order chi connectivity index (χ1) is 10.3. The molecule has 0 aromatic heterocycles. The minimum Gasteiger partial charge on any atom is -0.493 e. The highest BCUT2D eigenvalue weighted by Crippen LogP contribution is 2.31. The van der Waals surface area contributed by atoms with E-state index in [4.69, 9.17) is 9.47 Å². The predicted molar refractivity (Wildman–Crippen MR) is 79.3 cm³/mol. The van der Waals surface area contributed by atoms with Crippen LogP contribution < -0.4 is 10.1 Å². The highest BCUT2D eigenvalue weighted by atomic mass is 16.5. The number of nitrogens with one attached hydrogen (secondary N) is 1. The summed E-state index contributed by atoms with van der Waals surface area (Å²) < 4.78 is 10.9. The molecule has 1 N–H and O–H groups in total. The number of rotatable bonds is 4. The SMILES string of the molecule is O=C(CCNC1CCOc2ccccc21)N1CCOCC1. The van der Waals surface area contributed by atoms with Crippen LogP contribution in [-0.2, 0) is 9.53 Å². The van der Waals surface area contributed by atoms with Crippen LogP contribution in [0.25, 0.3) is 0 Å². The first-order valence-corrected chi connectivity index (χ1v) is 7.65. The number of hydrogen-bond donors (Lipinski definition) is 1. The Bertz CT molecular complexity index is 486. The first-order valence-electron chi connectivity index (χ1n) is 7.65. The molecule has 1 unspecified atom stereocenters. The second-order valence-corrected chi connectivity index (χ2v) is 5.42. The van der Waals surface area contributed by atoms with Crippen molar-refractivity contribution in [2.75, 3.05) is 39.5 Å². The molecule has 2 aliphatic heterocycles. The normalized spacial score (nSPS) is 21.5. The fourth-order valence-electron chi connectivity index (χ4n) is 2.88. The zero-order chi connectivity index (χ0) is 14.5. The van der Waals surface area contributed by atoms with Gasteiger partial charge in [0, 0.05) is 44.1 Å². The van der Waals surface area contributed by atoms with Crippen LogP contribution in [0.15, 0.2) is 24.3 Å². The van der Waals surface area contributed by atoms with Crippen molar-refractivity contribution in [2.24, 2.45) is 0 Å². The van der Waals surface area contributed by atoms with Gasteiger partial charge in [-0.25, -0.2) is 0 Å². The Morgan fingerprint density at radius 1 is 1.24 bits per heavy atom. The number of carbonyl (C=O) groups is 1. The number of para-hydroxylation sites is 1. The van der Waals surface area contributed by atoms with Crippen molar-refractivity contribution in [3.8, 4) is 5.75 Å². The quantitative estimate of drug-likeness (QED) is 0.909. The molecule has 1 fully saturated rings. The molecule has 2 aliphatic rings. The predicted octanol–water partition coefficient (Wildman–Crippen LogP) is 1.35. The van der Waals surface area contributed by atoms with Crippen LogP contribution in [0, 0.1) is 0 Å². The standard InChI is InChI=1S/C16H22N2O3/c19-16(18-8-11-20-12-9-18)5-7-17-14-6-10-21-15-4-2-1-3-13(14)15/h1-4,14,17H,5-12H2. The van der Waals surface area contributed by atoms with Crippen molar-refractivity contribution in [3.05, 3.63) is 29.8 Å². The van der Waals surface area contributed by atoms with Gasteiger partial charge in [0.15, 0.2) is 0 Å². The largest absolute Gasteiger partial charge is 0.493 e. The molecule has 3 rings (SSSR count). The maximum absolute atomic E-state index is 12.1. The lowest BCUT2D eigenvalue weighted by Gasteiger charge is -2.28. The molecule has 0 saturated carbocycles. The molecule has 0 spiro atoms. The fourth-order valence-corrected chi connectivity index (χ4v) is 2.88. The second-order valence-electron chi connectivity index (χ2n) is 5.42. The van der Waals surface area contributed by atoms with Crippen LogP contribution in [0.2, 0.25) is 0 Å². The van der Waals surface area contributed by atoms with Gasteiger partial charge in [0.2, 0.25) is 5.91 Å². The van der Waals surface area contributed by atoms with Gasteiger partial charge in [-0.1, -0.05) is 18.2 Å². The average molecular weight is 290 g/mol. The third kappa shape index (κ3) is 3.54. The summed E-state index contributed by atoms with van der Waals surface area (Å²) >= 11 is 0. The van der Waals surface area contributed by atoms with E-state index < -0.39 is 0 Å². The van der Waals surface area contributed by atoms with E-state index in [1.54, 1.807) is 0 Å². The molecule has 1 saturated heterocycles. The molecule has 0 radical (unpaired) electrons. The van der Waals surface area contributed by atoms with Gasteiger partial charge in [-0.05, 0) is 6.07 Å². The van der Waals surface area contributed by atoms with Crippen LogP contribution in [0.1, 0.15) is 24.4 Å². The van der Waals surface area contributed by atoms with Gasteiger partial charge in [-0.15, -0.1) is 0 Å². The minimum absolute atomic E-state index is 0.214. The Kier molecular flexibility index (Phi) is 4.72. The summed E-state index contributed by atoms with van der Waals surface area (Å²) in [5.41, 5.74) is 1.20. The van der Waals surface area contributed by atoms with Gasteiger partial charge in [0.25, 0.3) is 0 Å². The fraction of sp³-hybridized carbons (Fsp3) is 0.562. The molecule has 5 nitrogen and oxygen atoms in total. The van der Waals surface area contributed by atoms with Gasteiger partial charge in [-0.2, -0.15) is 0 Å². The lowest BCUT2D eigenvalue weighted by molar-refractivity contribution is -0.135. The number of nitrogens with zero attached hydrogens (tertiary/aromatic N) is 1. The molecule has 0 bridgehead atoms. The van der Waals surface area contributed by atoms with E-state index >= 15 is 0 Å². The molecule has 2 heterocycles. The summed E-state index contributed by atoms with van der Waals surface area (Å²) in [6.07, 6.45) is 1.49. The van der Waals surface area contributed by atoms with Gasteiger partial charge in [0.1, 0.15) is 5.75 Å². The Morgan fingerprint density at radius 2 is 2.05 bits per heavy atom. The Balaban J connectivity index is 1.48. The molecule has 1 atom stereocenters. The van der Waals surface area contributed by atoms with Gasteiger partial charge >= 0.3 is 0 Å². The number of fused-ring (bicyclic) bond motifs is 1. The van der Waals surface area contributed by atoms with E-state index in [1.807, 2.05) is 23.1 Å². The van der Waals surface area contributed by atoms with Crippen LogP contribution in [0.3, 0.4) is 0 Å². The van der Waals surface area contributed by atoms with Crippen LogP contribution in [0.5, 0.6) is 5.75 Å². The van der Waals surface area contributed by atoms with Crippen LogP contribution in [0.4, 0.5) is 0 Å². The lowest BCUT2D eigenvalue weighted by Crippen LogP contribution is -2.42. The highest BCUT2D eigenvalue weighted by Gasteiger charge is 2.21.